The summed E-state index contributed by atoms with van der Waals surface area (Å²) in [6.45, 7) is 1.57. The van der Waals surface area contributed by atoms with Gasteiger partial charge >= 0.3 is 0 Å². The maximum absolute atomic E-state index is 12.4. The highest BCUT2D eigenvalue weighted by molar-refractivity contribution is 6.30. The molecule has 4 rings (SSSR count). The molecule has 5 nitrogen and oxygen atoms in total. The van der Waals surface area contributed by atoms with Crippen LogP contribution in [0.2, 0.25) is 5.02 Å². The minimum absolute atomic E-state index is 0.00410. The Hall–Kier alpha value is -2.66. The fraction of sp³-hybridized carbons (Fsp3) is 0.211. The van der Waals surface area contributed by atoms with Gasteiger partial charge in [-0.25, -0.2) is 4.68 Å². The summed E-state index contributed by atoms with van der Waals surface area (Å²) in [6, 6.07) is 17.7. The van der Waals surface area contributed by atoms with E-state index in [-0.39, 0.29) is 18.0 Å². The van der Waals surface area contributed by atoms with Gasteiger partial charge in [0.15, 0.2) is 0 Å². The van der Waals surface area contributed by atoms with Crippen LogP contribution in [0.3, 0.4) is 0 Å². The molecule has 0 unspecified atom stereocenters. The standard InChI is InChI=1S/C19H17ClN4O/c1-13(25)23-17(14-5-3-2-4-6-14)11-18(24-19(23)21-12-22-24)15-7-9-16(20)10-8-15/h2-10,12,17-18H,11H2,1H3/t17-,18-/m0/s1. The highest BCUT2D eigenvalue weighted by Crippen LogP contribution is 2.41. The first-order chi connectivity index (χ1) is 12.1. The number of hydrogen-bond donors (Lipinski definition) is 0. The Balaban J connectivity index is 1.83. The average Bonchev–Trinajstić information content (AvgIpc) is 3.11. The Kier molecular flexibility index (Phi) is 4.01. The molecule has 0 saturated carbocycles. The lowest BCUT2D eigenvalue weighted by molar-refractivity contribution is -0.117. The van der Waals surface area contributed by atoms with Crippen molar-refractivity contribution in [2.24, 2.45) is 0 Å². The highest BCUT2D eigenvalue weighted by Gasteiger charge is 2.37. The summed E-state index contributed by atoms with van der Waals surface area (Å²) in [6.07, 6.45) is 2.23. The molecule has 3 aromatic rings. The quantitative estimate of drug-likeness (QED) is 0.700. The van der Waals surface area contributed by atoms with Crippen molar-refractivity contribution in [3.05, 3.63) is 77.1 Å². The molecule has 2 heterocycles. The number of carbonyl (C=O) groups excluding carboxylic acids is 1. The Morgan fingerprint density at radius 2 is 1.72 bits per heavy atom. The summed E-state index contributed by atoms with van der Waals surface area (Å²) >= 11 is 6.03. The van der Waals surface area contributed by atoms with Crippen LogP contribution in [-0.4, -0.2) is 20.7 Å². The summed E-state index contributed by atoms with van der Waals surface area (Å²) in [5.74, 6) is 0.533. The lowest BCUT2D eigenvalue weighted by atomic mass is 9.92. The van der Waals surface area contributed by atoms with Crippen LogP contribution in [0, 0.1) is 0 Å². The number of rotatable bonds is 2. The predicted octanol–water partition coefficient (Wildman–Crippen LogP) is 4.02. The lowest BCUT2D eigenvalue weighted by Crippen LogP contribution is -2.41. The van der Waals surface area contributed by atoms with Gasteiger partial charge in [0, 0.05) is 11.9 Å². The van der Waals surface area contributed by atoms with Crippen LogP contribution in [0.25, 0.3) is 0 Å². The van der Waals surface area contributed by atoms with E-state index in [4.69, 9.17) is 11.6 Å². The molecule has 6 heteroatoms. The van der Waals surface area contributed by atoms with Gasteiger partial charge in [0.2, 0.25) is 11.9 Å². The number of aromatic nitrogens is 3. The zero-order chi connectivity index (χ0) is 17.4. The molecule has 1 aliphatic heterocycles. The first-order valence-electron chi connectivity index (χ1n) is 8.15. The van der Waals surface area contributed by atoms with E-state index in [9.17, 15) is 4.79 Å². The highest BCUT2D eigenvalue weighted by atomic mass is 35.5. The molecule has 25 heavy (non-hydrogen) atoms. The Morgan fingerprint density at radius 3 is 2.40 bits per heavy atom. The van der Waals surface area contributed by atoms with Crippen molar-refractivity contribution in [3.8, 4) is 0 Å². The number of fused-ring (bicyclic) bond motifs is 1. The fourth-order valence-electron chi connectivity index (χ4n) is 3.48. The second kappa shape index (κ2) is 6.33. The number of carbonyl (C=O) groups is 1. The zero-order valence-corrected chi connectivity index (χ0v) is 14.5. The van der Waals surface area contributed by atoms with Crippen LogP contribution < -0.4 is 4.90 Å². The van der Waals surface area contributed by atoms with E-state index >= 15 is 0 Å². The predicted molar refractivity (Wildman–Crippen MR) is 96.6 cm³/mol. The van der Waals surface area contributed by atoms with Crippen molar-refractivity contribution in [1.29, 1.82) is 0 Å². The monoisotopic (exact) mass is 352 g/mol. The molecule has 0 bridgehead atoms. The molecule has 0 saturated heterocycles. The summed E-state index contributed by atoms with van der Waals surface area (Å²) < 4.78 is 1.82. The lowest BCUT2D eigenvalue weighted by Gasteiger charge is -2.38. The summed E-state index contributed by atoms with van der Waals surface area (Å²) in [4.78, 5) is 18.4. The van der Waals surface area contributed by atoms with E-state index in [0.29, 0.717) is 11.0 Å². The zero-order valence-electron chi connectivity index (χ0n) is 13.7. The third kappa shape index (κ3) is 2.81. The van der Waals surface area contributed by atoms with Crippen molar-refractivity contribution in [1.82, 2.24) is 14.8 Å². The van der Waals surface area contributed by atoms with E-state index in [0.717, 1.165) is 17.5 Å². The number of nitrogens with zero attached hydrogens (tertiary/aromatic N) is 4. The summed E-state index contributed by atoms with van der Waals surface area (Å²) in [7, 11) is 0. The second-order valence-corrected chi connectivity index (χ2v) is 6.56. The van der Waals surface area contributed by atoms with Gasteiger partial charge in [-0.2, -0.15) is 10.1 Å². The van der Waals surface area contributed by atoms with Gasteiger partial charge in [0.25, 0.3) is 0 Å². The first-order valence-corrected chi connectivity index (χ1v) is 8.52. The minimum Gasteiger partial charge on any atom is -0.275 e. The number of benzene rings is 2. The van der Waals surface area contributed by atoms with Gasteiger partial charge < -0.3 is 0 Å². The molecule has 126 valence electrons. The fourth-order valence-corrected chi connectivity index (χ4v) is 3.60. The Bertz CT molecular complexity index is 891. The number of anilines is 1. The number of halogens is 1. The topological polar surface area (TPSA) is 51.0 Å². The maximum atomic E-state index is 12.4. The SMILES string of the molecule is CC(=O)N1c2ncnn2[C@H](c2ccc(Cl)cc2)C[C@H]1c1ccccc1. The van der Waals surface area contributed by atoms with Crippen molar-refractivity contribution < 1.29 is 4.79 Å². The van der Waals surface area contributed by atoms with Crippen LogP contribution in [0.1, 0.15) is 36.6 Å². The Morgan fingerprint density at radius 1 is 1.04 bits per heavy atom. The molecular formula is C19H17ClN4O. The smallest absolute Gasteiger partial charge is 0.231 e. The van der Waals surface area contributed by atoms with Gasteiger partial charge in [-0.15, -0.1) is 0 Å². The van der Waals surface area contributed by atoms with Crippen LogP contribution in [-0.2, 0) is 4.79 Å². The second-order valence-electron chi connectivity index (χ2n) is 6.12. The van der Waals surface area contributed by atoms with Crippen LogP contribution in [0.15, 0.2) is 60.9 Å². The van der Waals surface area contributed by atoms with Crippen molar-refractivity contribution in [3.63, 3.8) is 0 Å². The molecule has 1 aliphatic rings. The van der Waals surface area contributed by atoms with Crippen LogP contribution >= 0.6 is 11.6 Å². The largest absolute Gasteiger partial charge is 0.275 e. The first kappa shape index (κ1) is 15.8. The van der Waals surface area contributed by atoms with Gasteiger partial charge in [-0.3, -0.25) is 9.69 Å². The molecule has 0 radical (unpaired) electrons. The normalized spacial score (nSPS) is 19.5. The van der Waals surface area contributed by atoms with Crippen molar-refractivity contribution in [2.45, 2.75) is 25.4 Å². The van der Waals surface area contributed by atoms with Crippen molar-refractivity contribution >= 4 is 23.5 Å². The van der Waals surface area contributed by atoms with E-state index in [1.807, 2.05) is 59.3 Å². The molecule has 2 atom stereocenters. The van der Waals surface area contributed by atoms with E-state index in [2.05, 4.69) is 10.1 Å². The van der Waals surface area contributed by atoms with Crippen LogP contribution in [0.5, 0.6) is 0 Å². The molecule has 0 aliphatic carbocycles. The minimum atomic E-state index is -0.0870. The third-order valence-electron chi connectivity index (χ3n) is 4.60. The number of amides is 1. The van der Waals surface area contributed by atoms with Gasteiger partial charge in [-0.05, 0) is 29.7 Å². The van der Waals surface area contributed by atoms with Gasteiger partial charge in [-0.1, -0.05) is 54.1 Å². The number of hydrogen-bond acceptors (Lipinski definition) is 3. The maximum Gasteiger partial charge on any atom is 0.231 e. The molecule has 1 aromatic heterocycles. The third-order valence-corrected chi connectivity index (χ3v) is 4.85. The molecule has 0 fully saturated rings. The van der Waals surface area contributed by atoms with Gasteiger partial charge in [0.05, 0.1) is 12.1 Å². The molecule has 0 N–H and O–H groups in total. The van der Waals surface area contributed by atoms with E-state index in [1.54, 1.807) is 11.8 Å². The van der Waals surface area contributed by atoms with Crippen LogP contribution in [0.4, 0.5) is 5.95 Å². The molecule has 0 spiro atoms. The van der Waals surface area contributed by atoms with Gasteiger partial charge in [0.1, 0.15) is 6.33 Å². The molecular weight excluding hydrogens is 336 g/mol. The van der Waals surface area contributed by atoms with E-state index in [1.165, 1.54) is 6.33 Å². The average molecular weight is 353 g/mol. The molecule has 2 aromatic carbocycles. The summed E-state index contributed by atoms with van der Waals surface area (Å²) in [5.41, 5.74) is 2.19. The Labute approximate surface area is 150 Å². The van der Waals surface area contributed by atoms with E-state index < -0.39 is 0 Å². The van der Waals surface area contributed by atoms with Crippen molar-refractivity contribution in [2.75, 3.05) is 4.90 Å². The molecule has 1 amide bonds. The summed E-state index contributed by atoms with van der Waals surface area (Å²) in [5, 5.41) is 5.07.